The van der Waals surface area contributed by atoms with Gasteiger partial charge in [-0.2, -0.15) is 0 Å². The van der Waals surface area contributed by atoms with Gasteiger partial charge in [-0.05, 0) is 63.6 Å². The van der Waals surface area contributed by atoms with Crippen LogP contribution < -0.4 is 15.5 Å². The Bertz CT molecular complexity index is 1020. The summed E-state index contributed by atoms with van der Waals surface area (Å²) >= 11 is 6.44. The van der Waals surface area contributed by atoms with Crippen molar-refractivity contribution in [2.75, 3.05) is 37.3 Å². The summed E-state index contributed by atoms with van der Waals surface area (Å²) in [7, 11) is -3.19. The van der Waals surface area contributed by atoms with Crippen molar-refractivity contribution >= 4 is 39.1 Å². The number of nitrogens with zero attached hydrogens (tertiary/aromatic N) is 2. The number of amides is 2. The van der Waals surface area contributed by atoms with Crippen molar-refractivity contribution in [3.05, 3.63) is 28.3 Å². The van der Waals surface area contributed by atoms with Crippen molar-refractivity contribution in [2.45, 2.75) is 59.0 Å². The highest BCUT2D eigenvalue weighted by molar-refractivity contribution is 7.88. The number of rotatable bonds is 7. The summed E-state index contributed by atoms with van der Waals surface area (Å²) in [4.78, 5) is 27.8. The van der Waals surface area contributed by atoms with Crippen molar-refractivity contribution in [1.82, 2.24) is 14.9 Å². The number of piperidine rings is 2. The van der Waals surface area contributed by atoms with E-state index in [-0.39, 0.29) is 42.3 Å². The lowest BCUT2D eigenvalue weighted by Gasteiger charge is -2.39. The Morgan fingerprint density at radius 1 is 1.26 bits per heavy atom. The minimum Gasteiger partial charge on any atom is -0.368 e. The van der Waals surface area contributed by atoms with Gasteiger partial charge in [-0.3, -0.25) is 9.59 Å². The zero-order valence-corrected chi connectivity index (χ0v) is 22.3. The smallest absolute Gasteiger partial charge is 0.251 e. The molecule has 10 heteroatoms. The van der Waals surface area contributed by atoms with E-state index in [0.29, 0.717) is 43.1 Å². The summed E-state index contributed by atoms with van der Waals surface area (Å²) in [5.74, 6) is -0.338. The van der Waals surface area contributed by atoms with Crippen molar-refractivity contribution in [2.24, 2.45) is 11.8 Å². The molecular weight excluding hydrogens is 476 g/mol. The van der Waals surface area contributed by atoms with E-state index >= 15 is 0 Å². The van der Waals surface area contributed by atoms with Crippen LogP contribution in [0.25, 0.3) is 0 Å². The van der Waals surface area contributed by atoms with Crippen LogP contribution in [0.2, 0.25) is 5.02 Å². The van der Waals surface area contributed by atoms with Gasteiger partial charge >= 0.3 is 0 Å². The molecule has 0 radical (unpaired) electrons. The number of carbonyl (C=O) groups is 2. The van der Waals surface area contributed by atoms with E-state index in [1.54, 1.807) is 6.07 Å². The molecule has 0 aliphatic carbocycles. The number of hydrogen-bond donors (Lipinski definition) is 2. The normalized spacial score (nSPS) is 24.5. The fourth-order valence-electron chi connectivity index (χ4n) is 5.29. The molecule has 0 bridgehead atoms. The Labute approximate surface area is 208 Å². The van der Waals surface area contributed by atoms with Gasteiger partial charge in [0.15, 0.2) is 0 Å². The minimum atomic E-state index is -3.19. The average Bonchev–Trinajstić information content (AvgIpc) is 2.75. The second-order valence-electron chi connectivity index (χ2n) is 9.72. The van der Waals surface area contributed by atoms with Gasteiger partial charge in [0.05, 0.1) is 12.2 Å². The molecule has 1 aromatic rings. The number of hydrogen-bond acceptors (Lipinski definition) is 5. The molecule has 2 saturated heterocycles. The fourth-order valence-corrected chi connectivity index (χ4v) is 6.38. The van der Waals surface area contributed by atoms with Crippen molar-refractivity contribution in [1.29, 1.82) is 0 Å². The Morgan fingerprint density at radius 2 is 1.91 bits per heavy atom. The molecular formula is C24H37ClN4O4S. The molecule has 2 amide bonds. The number of halogens is 1. The molecule has 2 aliphatic heterocycles. The Morgan fingerprint density at radius 3 is 2.47 bits per heavy atom. The SMILES string of the molecule is CCN(c1cc(Cl)cc(C(=O)NCC2C(=O)NC(C)CC2C)c1C)C1CCN(S(C)(=O)=O)CC1. The van der Waals surface area contributed by atoms with Gasteiger partial charge in [0.25, 0.3) is 5.91 Å². The lowest BCUT2D eigenvalue weighted by molar-refractivity contribution is -0.129. The van der Waals surface area contributed by atoms with Gasteiger partial charge in [0, 0.05) is 54.5 Å². The Hall–Kier alpha value is -1.84. The zero-order valence-electron chi connectivity index (χ0n) is 20.7. The number of sulfonamides is 1. The van der Waals surface area contributed by atoms with Crippen LogP contribution >= 0.6 is 11.6 Å². The Balaban J connectivity index is 1.75. The van der Waals surface area contributed by atoms with Gasteiger partial charge in [-0.15, -0.1) is 0 Å². The maximum Gasteiger partial charge on any atom is 0.251 e. The average molecular weight is 513 g/mol. The second kappa shape index (κ2) is 10.8. The first-order valence-electron chi connectivity index (χ1n) is 12.0. The third-order valence-corrected chi connectivity index (χ3v) is 8.71. The quantitative estimate of drug-likeness (QED) is 0.585. The van der Waals surface area contributed by atoms with Crippen LogP contribution in [0.3, 0.4) is 0 Å². The summed E-state index contributed by atoms with van der Waals surface area (Å²) in [6.07, 6.45) is 3.55. The molecule has 8 nitrogen and oxygen atoms in total. The van der Waals surface area contributed by atoms with Crippen LogP contribution in [0.15, 0.2) is 12.1 Å². The summed E-state index contributed by atoms with van der Waals surface area (Å²) in [5.41, 5.74) is 2.20. The molecule has 2 aliphatic rings. The molecule has 2 heterocycles. The lowest BCUT2D eigenvalue weighted by atomic mass is 9.84. The zero-order chi connectivity index (χ0) is 25.2. The number of anilines is 1. The number of benzene rings is 1. The predicted molar refractivity (Wildman–Crippen MR) is 136 cm³/mol. The highest BCUT2D eigenvalue weighted by Gasteiger charge is 2.33. The largest absolute Gasteiger partial charge is 0.368 e. The van der Waals surface area contributed by atoms with Crippen LogP contribution in [-0.4, -0.2) is 69.1 Å². The van der Waals surface area contributed by atoms with Gasteiger partial charge in [0.1, 0.15) is 0 Å². The maximum absolute atomic E-state index is 13.1. The molecule has 3 rings (SSSR count). The summed E-state index contributed by atoms with van der Waals surface area (Å²) in [6, 6.07) is 3.85. The topological polar surface area (TPSA) is 98.8 Å². The molecule has 0 spiro atoms. The van der Waals surface area contributed by atoms with Gasteiger partial charge in [-0.25, -0.2) is 12.7 Å². The van der Waals surface area contributed by atoms with Crippen LogP contribution in [0, 0.1) is 18.8 Å². The maximum atomic E-state index is 13.1. The van der Waals surface area contributed by atoms with E-state index in [1.165, 1.54) is 10.6 Å². The minimum absolute atomic E-state index is 0.0207. The lowest BCUT2D eigenvalue weighted by Crippen LogP contribution is -2.50. The van der Waals surface area contributed by atoms with Crippen molar-refractivity contribution < 1.29 is 18.0 Å². The monoisotopic (exact) mass is 512 g/mol. The van der Waals surface area contributed by atoms with Gasteiger partial charge in [-0.1, -0.05) is 18.5 Å². The molecule has 34 heavy (non-hydrogen) atoms. The molecule has 3 atom stereocenters. The van der Waals surface area contributed by atoms with Crippen molar-refractivity contribution in [3.63, 3.8) is 0 Å². The van der Waals surface area contributed by atoms with E-state index in [0.717, 1.165) is 17.7 Å². The van der Waals surface area contributed by atoms with E-state index in [9.17, 15) is 18.0 Å². The molecule has 2 N–H and O–H groups in total. The van der Waals surface area contributed by atoms with Crippen LogP contribution in [-0.2, 0) is 14.8 Å². The summed E-state index contributed by atoms with van der Waals surface area (Å²) in [6.45, 7) is 9.94. The molecule has 190 valence electrons. The number of nitrogens with one attached hydrogen (secondary N) is 2. The Kier molecular flexibility index (Phi) is 8.52. The summed E-state index contributed by atoms with van der Waals surface area (Å²) in [5, 5.41) is 6.38. The molecule has 3 unspecified atom stereocenters. The fraction of sp³-hybridized carbons (Fsp3) is 0.667. The van der Waals surface area contributed by atoms with E-state index < -0.39 is 10.0 Å². The first-order valence-corrected chi connectivity index (χ1v) is 14.3. The van der Waals surface area contributed by atoms with E-state index in [4.69, 9.17) is 11.6 Å². The molecule has 0 aromatic heterocycles. The van der Waals surface area contributed by atoms with Gasteiger partial charge in [0.2, 0.25) is 15.9 Å². The molecule has 2 fully saturated rings. The predicted octanol–water partition coefficient (Wildman–Crippen LogP) is 2.79. The van der Waals surface area contributed by atoms with Gasteiger partial charge < -0.3 is 15.5 Å². The van der Waals surface area contributed by atoms with E-state index in [2.05, 4.69) is 15.5 Å². The molecule has 0 saturated carbocycles. The third-order valence-electron chi connectivity index (χ3n) is 7.19. The van der Waals surface area contributed by atoms with E-state index in [1.807, 2.05) is 33.8 Å². The first kappa shape index (κ1) is 26.8. The number of carbonyl (C=O) groups excluding carboxylic acids is 2. The second-order valence-corrected chi connectivity index (χ2v) is 12.1. The third kappa shape index (κ3) is 6.04. The van der Waals surface area contributed by atoms with Crippen molar-refractivity contribution in [3.8, 4) is 0 Å². The first-order chi connectivity index (χ1) is 15.9. The summed E-state index contributed by atoms with van der Waals surface area (Å²) < 4.78 is 25.3. The standard InChI is InChI=1S/C24H37ClN4O4S/c1-6-29(19-7-9-28(10-8-19)34(5,32)33)22-13-18(25)12-20(17(22)4)23(30)26-14-21-15(2)11-16(3)27-24(21)31/h12-13,15-16,19,21H,6-11,14H2,1-5H3,(H,26,30)(H,27,31). The highest BCUT2D eigenvalue weighted by atomic mass is 35.5. The van der Waals surface area contributed by atoms with Crippen LogP contribution in [0.4, 0.5) is 5.69 Å². The highest BCUT2D eigenvalue weighted by Crippen LogP contribution is 2.32. The van der Waals surface area contributed by atoms with Crippen LogP contribution in [0.1, 0.15) is 56.0 Å². The van der Waals surface area contributed by atoms with Crippen LogP contribution in [0.5, 0.6) is 0 Å². The molecule has 1 aromatic carbocycles.